The number of rotatable bonds is 11. The maximum atomic E-state index is 11.6. The molecule has 6 heteroatoms. The maximum absolute atomic E-state index is 11.6. The fraction of sp³-hybridized carbons (Fsp3) is 0.391. The van der Waals surface area contributed by atoms with Gasteiger partial charge in [-0.3, -0.25) is 9.59 Å². The van der Waals surface area contributed by atoms with Crippen molar-refractivity contribution in [2.75, 3.05) is 20.3 Å². The van der Waals surface area contributed by atoms with E-state index in [0.29, 0.717) is 48.7 Å². The molecular weight excluding hydrogens is 372 g/mol. The van der Waals surface area contributed by atoms with Crippen LogP contribution in [0, 0.1) is 0 Å². The van der Waals surface area contributed by atoms with E-state index in [4.69, 9.17) is 9.47 Å². The van der Waals surface area contributed by atoms with Crippen molar-refractivity contribution in [2.24, 2.45) is 0 Å². The highest BCUT2D eigenvalue weighted by Crippen LogP contribution is 2.33. The van der Waals surface area contributed by atoms with Crippen molar-refractivity contribution in [3.63, 3.8) is 0 Å². The smallest absolute Gasteiger partial charge is 0.309 e. The largest absolute Gasteiger partial charge is 0.507 e. The van der Waals surface area contributed by atoms with Crippen molar-refractivity contribution in [1.82, 2.24) is 0 Å². The molecule has 0 atom stereocenters. The van der Waals surface area contributed by atoms with Gasteiger partial charge in [-0.1, -0.05) is 25.5 Å². The van der Waals surface area contributed by atoms with Gasteiger partial charge in [-0.15, -0.1) is 0 Å². The fourth-order valence-corrected chi connectivity index (χ4v) is 2.90. The van der Waals surface area contributed by atoms with Gasteiger partial charge >= 0.3 is 5.97 Å². The second-order valence-electron chi connectivity index (χ2n) is 6.69. The zero-order chi connectivity index (χ0) is 21.2. The van der Waals surface area contributed by atoms with Crippen LogP contribution in [0.5, 0.6) is 17.2 Å². The second kappa shape index (κ2) is 11.1. The number of benzene rings is 2. The van der Waals surface area contributed by atoms with E-state index in [0.717, 1.165) is 12.0 Å². The molecule has 2 aromatic rings. The second-order valence-corrected chi connectivity index (χ2v) is 6.69. The number of esters is 1. The first-order valence-corrected chi connectivity index (χ1v) is 9.73. The quantitative estimate of drug-likeness (QED) is 0.347. The number of hydrogen-bond acceptors (Lipinski definition) is 6. The molecule has 0 unspecified atom stereocenters. The summed E-state index contributed by atoms with van der Waals surface area (Å²) in [6.45, 7) is 4.34. The lowest BCUT2D eigenvalue weighted by Gasteiger charge is -2.15. The average Bonchev–Trinajstić information content (AvgIpc) is 2.71. The number of methoxy groups -OCH3 is 1. The highest BCUT2D eigenvalue weighted by Gasteiger charge is 2.15. The van der Waals surface area contributed by atoms with Crippen molar-refractivity contribution < 1.29 is 28.9 Å². The summed E-state index contributed by atoms with van der Waals surface area (Å²) in [6.07, 6.45) is 2.36. The Morgan fingerprint density at radius 1 is 1.00 bits per heavy atom. The number of aromatic hydroxyl groups is 1. The Kier molecular flexibility index (Phi) is 8.52. The standard InChI is InChI=1S/C23H28O6/c1-4-6-20-21(12-11-19(16(2)24)23(20)26)29-14-5-13-28-18-9-7-17(8-10-18)15-22(25)27-3/h7-12,26H,4-6,13-15H2,1-3H3. The Labute approximate surface area is 171 Å². The van der Waals surface area contributed by atoms with Crippen LogP contribution < -0.4 is 9.47 Å². The molecule has 0 fully saturated rings. The summed E-state index contributed by atoms with van der Waals surface area (Å²) in [5.41, 5.74) is 1.85. The van der Waals surface area contributed by atoms with E-state index in [1.807, 2.05) is 31.2 Å². The fourth-order valence-electron chi connectivity index (χ4n) is 2.90. The van der Waals surface area contributed by atoms with Crippen LogP contribution >= 0.6 is 0 Å². The molecule has 0 heterocycles. The predicted molar refractivity (Wildman–Crippen MR) is 110 cm³/mol. The molecule has 0 radical (unpaired) electrons. The Hall–Kier alpha value is -3.02. The molecule has 0 aromatic heterocycles. The van der Waals surface area contributed by atoms with Gasteiger partial charge in [0.2, 0.25) is 0 Å². The molecule has 0 saturated carbocycles. The highest BCUT2D eigenvalue weighted by atomic mass is 16.5. The SMILES string of the molecule is CCCc1c(OCCCOc2ccc(CC(=O)OC)cc2)ccc(C(C)=O)c1O. The third-order valence-electron chi connectivity index (χ3n) is 4.43. The van der Waals surface area contributed by atoms with Gasteiger partial charge < -0.3 is 19.3 Å². The molecule has 0 saturated heterocycles. The number of ketones is 1. The molecule has 29 heavy (non-hydrogen) atoms. The van der Waals surface area contributed by atoms with E-state index in [-0.39, 0.29) is 23.9 Å². The number of ether oxygens (including phenoxy) is 3. The van der Waals surface area contributed by atoms with Gasteiger partial charge in [-0.2, -0.15) is 0 Å². The maximum Gasteiger partial charge on any atom is 0.309 e. The normalized spacial score (nSPS) is 10.4. The minimum atomic E-state index is -0.277. The first kappa shape index (κ1) is 22.3. The van der Waals surface area contributed by atoms with Crippen LogP contribution in [0.2, 0.25) is 0 Å². The summed E-state index contributed by atoms with van der Waals surface area (Å²) in [7, 11) is 1.37. The molecule has 2 aromatic carbocycles. The van der Waals surface area contributed by atoms with Gasteiger partial charge in [0.05, 0.1) is 32.3 Å². The van der Waals surface area contributed by atoms with Crippen molar-refractivity contribution in [1.29, 1.82) is 0 Å². The van der Waals surface area contributed by atoms with Crippen molar-refractivity contribution in [2.45, 2.75) is 39.5 Å². The molecule has 0 aliphatic carbocycles. The molecule has 0 aliphatic heterocycles. The average molecular weight is 400 g/mol. The lowest BCUT2D eigenvalue weighted by Crippen LogP contribution is -2.07. The van der Waals surface area contributed by atoms with Crippen LogP contribution in [0.3, 0.4) is 0 Å². The number of phenolic OH excluding ortho intramolecular Hbond substituents is 1. The molecule has 156 valence electrons. The van der Waals surface area contributed by atoms with Crippen LogP contribution in [0.25, 0.3) is 0 Å². The summed E-state index contributed by atoms with van der Waals surface area (Å²) in [6, 6.07) is 10.6. The lowest BCUT2D eigenvalue weighted by molar-refractivity contribution is -0.139. The monoisotopic (exact) mass is 400 g/mol. The molecular formula is C23H28O6. The Morgan fingerprint density at radius 3 is 2.31 bits per heavy atom. The summed E-state index contributed by atoms with van der Waals surface area (Å²) < 4.78 is 16.2. The summed E-state index contributed by atoms with van der Waals surface area (Å²) >= 11 is 0. The third-order valence-corrected chi connectivity index (χ3v) is 4.43. The van der Waals surface area contributed by atoms with Gasteiger partial charge in [0, 0.05) is 12.0 Å². The van der Waals surface area contributed by atoms with E-state index in [9.17, 15) is 14.7 Å². The number of phenols is 1. The van der Waals surface area contributed by atoms with Crippen LogP contribution in [0.1, 0.15) is 48.2 Å². The molecule has 1 N–H and O–H groups in total. The van der Waals surface area contributed by atoms with Crippen LogP contribution in [0.15, 0.2) is 36.4 Å². The van der Waals surface area contributed by atoms with E-state index < -0.39 is 0 Å². The van der Waals surface area contributed by atoms with E-state index in [1.54, 1.807) is 12.1 Å². The van der Waals surface area contributed by atoms with Gasteiger partial charge in [0.25, 0.3) is 0 Å². The van der Waals surface area contributed by atoms with Gasteiger partial charge in [0.1, 0.15) is 17.2 Å². The summed E-state index contributed by atoms with van der Waals surface area (Å²) in [5.74, 6) is 0.883. The van der Waals surface area contributed by atoms with Crippen molar-refractivity contribution in [3.8, 4) is 17.2 Å². The van der Waals surface area contributed by atoms with Crippen LogP contribution in [0.4, 0.5) is 0 Å². The Bertz CT molecular complexity index is 826. The zero-order valence-corrected chi connectivity index (χ0v) is 17.2. The first-order valence-electron chi connectivity index (χ1n) is 9.73. The first-order chi connectivity index (χ1) is 14.0. The Balaban J connectivity index is 1.84. The number of carbonyl (C=O) groups excluding carboxylic acids is 2. The third kappa shape index (κ3) is 6.52. The molecule has 0 aliphatic rings. The van der Waals surface area contributed by atoms with Gasteiger partial charge in [-0.25, -0.2) is 0 Å². The summed E-state index contributed by atoms with van der Waals surface area (Å²) in [5, 5.41) is 10.4. The summed E-state index contributed by atoms with van der Waals surface area (Å²) in [4.78, 5) is 22.9. The molecule has 6 nitrogen and oxygen atoms in total. The molecule has 2 rings (SSSR count). The Morgan fingerprint density at radius 2 is 1.69 bits per heavy atom. The molecule has 0 spiro atoms. The minimum Gasteiger partial charge on any atom is -0.507 e. The molecule has 0 amide bonds. The van der Waals surface area contributed by atoms with E-state index in [1.165, 1.54) is 14.0 Å². The van der Waals surface area contributed by atoms with Crippen molar-refractivity contribution >= 4 is 11.8 Å². The van der Waals surface area contributed by atoms with Gasteiger partial charge in [0.15, 0.2) is 5.78 Å². The van der Waals surface area contributed by atoms with Gasteiger partial charge in [-0.05, 0) is 43.2 Å². The van der Waals surface area contributed by atoms with E-state index in [2.05, 4.69) is 4.74 Å². The number of carbonyl (C=O) groups is 2. The van der Waals surface area contributed by atoms with Crippen LogP contribution in [-0.2, 0) is 22.4 Å². The van der Waals surface area contributed by atoms with Crippen LogP contribution in [-0.4, -0.2) is 37.2 Å². The highest BCUT2D eigenvalue weighted by molar-refractivity contribution is 5.97. The van der Waals surface area contributed by atoms with E-state index >= 15 is 0 Å². The predicted octanol–water partition coefficient (Wildman–Crippen LogP) is 4.11. The topological polar surface area (TPSA) is 82.1 Å². The minimum absolute atomic E-state index is 0.0140. The number of Topliss-reactive ketones (excluding diaryl/α,β-unsaturated/α-hetero) is 1. The number of hydrogen-bond donors (Lipinski definition) is 1. The molecule has 0 bridgehead atoms. The zero-order valence-electron chi connectivity index (χ0n) is 17.2. The van der Waals surface area contributed by atoms with Crippen molar-refractivity contribution in [3.05, 3.63) is 53.1 Å². The lowest BCUT2D eigenvalue weighted by atomic mass is 10.0.